The van der Waals surface area contributed by atoms with Crippen molar-refractivity contribution in [2.45, 2.75) is 19.4 Å². The van der Waals surface area contributed by atoms with Crippen LogP contribution in [0.25, 0.3) is 0 Å². The van der Waals surface area contributed by atoms with Gasteiger partial charge in [-0.2, -0.15) is 0 Å². The third-order valence-electron chi connectivity index (χ3n) is 3.87. The first-order chi connectivity index (χ1) is 10.1. The average molecular weight is 283 g/mol. The zero-order valence-corrected chi connectivity index (χ0v) is 12.8. The van der Waals surface area contributed by atoms with Crippen LogP contribution in [0.15, 0.2) is 36.7 Å². The molecule has 1 atom stereocenters. The molecule has 1 aromatic heterocycles. The summed E-state index contributed by atoms with van der Waals surface area (Å²) >= 11 is 0. The lowest BCUT2D eigenvalue weighted by molar-refractivity contribution is 0.357. The molecule has 2 aromatic rings. The Bertz CT molecular complexity index is 640. The van der Waals surface area contributed by atoms with Crippen molar-refractivity contribution in [2.24, 2.45) is 0 Å². The van der Waals surface area contributed by atoms with Crippen LogP contribution in [0.3, 0.4) is 0 Å². The van der Waals surface area contributed by atoms with Gasteiger partial charge in [0.15, 0.2) is 0 Å². The molecule has 0 fully saturated rings. The molecule has 1 aliphatic heterocycles. The summed E-state index contributed by atoms with van der Waals surface area (Å²) in [6.45, 7) is 2.97. The molecular weight excluding hydrogens is 262 g/mol. The van der Waals surface area contributed by atoms with Crippen LogP contribution in [0.4, 0.5) is 11.4 Å². The molecule has 0 spiro atoms. The van der Waals surface area contributed by atoms with Gasteiger partial charge in [-0.05, 0) is 36.2 Å². The Hall–Kier alpha value is -2.23. The number of benzene rings is 1. The van der Waals surface area contributed by atoms with Crippen molar-refractivity contribution in [3.8, 4) is 5.75 Å². The fourth-order valence-corrected chi connectivity index (χ4v) is 2.68. The highest BCUT2D eigenvalue weighted by atomic mass is 16.5. The summed E-state index contributed by atoms with van der Waals surface area (Å²) < 4.78 is 5.56. The summed E-state index contributed by atoms with van der Waals surface area (Å²) in [6.07, 6.45) is 4.70. The molecule has 0 bridgehead atoms. The minimum Gasteiger partial charge on any atom is -0.493 e. The van der Waals surface area contributed by atoms with Crippen LogP contribution < -0.4 is 15.0 Å². The number of hydrogen-bond acceptors (Lipinski definition) is 4. The topological polar surface area (TPSA) is 37.4 Å². The standard InChI is InChI=1S/C17H21N3O/c1-12(13-4-5-17-14(10-13)7-9-21-17)19-15-11-18-8-6-16(15)20(2)3/h4-6,8,10-12,19H,7,9H2,1-3H3. The van der Waals surface area contributed by atoms with Gasteiger partial charge >= 0.3 is 0 Å². The van der Waals surface area contributed by atoms with E-state index in [2.05, 4.69) is 40.3 Å². The highest BCUT2D eigenvalue weighted by Gasteiger charge is 2.15. The van der Waals surface area contributed by atoms with Crippen molar-refractivity contribution in [2.75, 3.05) is 30.9 Å². The summed E-state index contributed by atoms with van der Waals surface area (Å²) in [4.78, 5) is 6.31. The lowest BCUT2D eigenvalue weighted by Gasteiger charge is -2.22. The van der Waals surface area contributed by atoms with Crippen molar-refractivity contribution in [3.63, 3.8) is 0 Å². The Morgan fingerprint density at radius 2 is 2.14 bits per heavy atom. The van der Waals surface area contributed by atoms with Crippen LogP contribution in [-0.2, 0) is 6.42 Å². The minimum atomic E-state index is 0.221. The van der Waals surface area contributed by atoms with Crippen molar-refractivity contribution >= 4 is 11.4 Å². The largest absolute Gasteiger partial charge is 0.493 e. The van der Waals surface area contributed by atoms with E-state index in [1.54, 1.807) is 0 Å². The number of rotatable bonds is 4. The number of aromatic nitrogens is 1. The molecule has 2 heterocycles. The maximum atomic E-state index is 5.56. The molecule has 110 valence electrons. The summed E-state index contributed by atoms with van der Waals surface area (Å²) in [7, 11) is 4.08. The zero-order valence-electron chi connectivity index (χ0n) is 12.8. The van der Waals surface area contributed by atoms with Crippen LogP contribution in [0.1, 0.15) is 24.1 Å². The highest BCUT2D eigenvalue weighted by Crippen LogP contribution is 2.31. The summed E-state index contributed by atoms with van der Waals surface area (Å²) in [6, 6.07) is 8.69. The molecule has 0 amide bonds. The van der Waals surface area contributed by atoms with Gasteiger partial charge in [0.25, 0.3) is 0 Å². The molecule has 4 nitrogen and oxygen atoms in total. The molecule has 1 N–H and O–H groups in total. The maximum absolute atomic E-state index is 5.56. The van der Waals surface area contributed by atoms with Gasteiger partial charge in [0.1, 0.15) is 5.75 Å². The van der Waals surface area contributed by atoms with E-state index in [0.717, 1.165) is 30.2 Å². The molecular formula is C17H21N3O. The average Bonchev–Trinajstić information content (AvgIpc) is 2.94. The van der Waals surface area contributed by atoms with Gasteiger partial charge in [0.2, 0.25) is 0 Å². The quantitative estimate of drug-likeness (QED) is 0.934. The molecule has 4 heteroatoms. The van der Waals surface area contributed by atoms with Crippen LogP contribution in [0.2, 0.25) is 0 Å². The lowest BCUT2D eigenvalue weighted by atomic mass is 10.0. The third-order valence-corrected chi connectivity index (χ3v) is 3.87. The van der Waals surface area contributed by atoms with Crippen LogP contribution in [0, 0.1) is 0 Å². The van der Waals surface area contributed by atoms with Gasteiger partial charge in [-0.3, -0.25) is 4.98 Å². The lowest BCUT2D eigenvalue weighted by Crippen LogP contribution is -2.14. The van der Waals surface area contributed by atoms with E-state index in [-0.39, 0.29) is 6.04 Å². The van der Waals surface area contributed by atoms with Crippen LogP contribution in [0.5, 0.6) is 5.75 Å². The smallest absolute Gasteiger partial charge is 0.122 e. The van der Waals surface area contributed by atoms with Gasteiger partial charge < -0.3 is 15.0 Å². The van der Waals surface area contributed by atoms with E-state index in [0.29, 0.717) is 0 Å². The molecule has 1 unspecified atom stereocenters. The monoisotopic (exact) mass is 283 g/mol. The van der Waals surface area contributed by atoms with Gasteiger partial charge in [-0.15, -0.1) is 0 Å². The number of pyridine rings is 1. The first-order valence-electron chi connectivity index (χ1n) is 7.28. The second-order valence-electron chi connectivity index (χ2n) is 5.62. The number of nitrogens with zero attached hydrogens (tertiary/aromatic N) is 2. The van der Waals surface area contributed by atoms with Crippen molar-refractivity contribution in [1.29, 1.82) is 0 Å². The van der Waals surface area contributed by atoms with Gasteiger partial charge in [0, 0.05) is 32.8 Å². The van der Waals surface area contributed by atoms with Gasteiger partial charge in [0.05, 0.1) is 24.2 Å². The zero-order chi connectivity index (χ0) is 14.8. The number of nitrogens with one attached hydrogen (secondary N) is 1. The van der Waals surface area contributed by atoms with Crippen LogP contribution in [-0.4, -0.2) is 25.7 Å². The Labute approximate surface area is 125 Å². The molecule has 0 saturated heterocycles. The van der Waals surface area contributed by atoms with E-state index in [1.807, 2.05) is 32.6 Å². The maximum Gasteiger partial charge on any atom is 0.122 e. The number of ether oxygens (including phenoxy) is 1. The fraction of sp³-hybridized carbons (Fsp3) is 0.353. The minimum absolute atomic E-state index is 0.221. The molecule has 0 aliphatic carbocycles. The third kappa shape index (κ3) is 2.79. The second kappa shape index (κ2) is 5.64. The highest BCUT2D eigenvalue weighted by molar-refractivity contribution is 5.68. The second-order valence-corrected chi connectivity index (χ2v) is 5.62. The Balaban J connectivity index is 1.82. The SMILES string of the molecule is CC(Nc1cnccc1N(C)C)c1ccc2c(c1)CCO2. The van der Waals surface area contributed by atoms with E-state index in [1.165, 1.54) is 11.1 Å². The molecule has 3 rings (SSSR count). The first kappa shape index (κ1) is 13.7. The number of fused-ring (bicyclic) bond motifs is 1. The Morgan fingerprint density at radius 3 is 2.95 bits per heavy atom. The van der Waals surface area contributed by atoms with E-state index >= 15 is 0 Å². The summed E-state index contributed by atoms with van der Waals surface area (Å²) in [5, 5.41) is 3.55. The predicted octanol–water partition coefficient (Wildman–Crippen LogP) is 3.26. The predicted molar refractivity (Wildman–Crippen MR) is 86.2 cm³/mol. The Kier molecular flexibility index (Phi) is 3.69. The van der Waals surface area contributed by atoms with Gasteiger partial charge in [-0.1, -0.05) is 6.07 Å². The van der Waals surface area contributed by atoms with E-state index < -0.39 is 0 Å². The summed E-state index contributed by atoms with van der Waals surface area (Å²) in [5.41, 5.74) is 4.76. The van der Waals surface area contributed by atoms with E-state index in [9.17, 15) is 0 Å². The van der Waals surface area contributed by atoms with E-state index in [4.69, 9.17) is 4.74 Å². The van der Waals surface area contributed by atoms with Crippen LogP contribution >= 0.6 is 0 Å². The molecule has 21 heavy (non-hydrogen) atoms. The Morgan fingerprint density at radius 1 is 1.29 bits per heavy atom. The van der Waals surface area contributed by atoms with Gasteiger partial charge in [-0.25, -0.2) is 0 Å². The number of hydrogen-bond donors (Lipinski definition) is 1. The number of anilines is 2. The van der Waals surface area contributed by atoms with Crippen molar-refractivity contribution in [1.82, 2.24) is 4.98 Å². The normalized spacial score (nSPS) is 14.2. The first-order valence-corrected chi connectivity index (χ1v) is 7.28. The van der Waals surface area contributed by atoms with Crippen molar-refractivity contribution in [3.05, 3.63) is 47.8 Å². The molecule has 0 saturated carbocycles. The fourth-order valence-electron chi connectivity index (χ4n) is 2.68. The summed E-state index contributed by atoms with van der Waals surface area (Å²) in [5.74, 6) is 1.03. The molecule has 1 aliphatic rings. The van der Waals surface area contributed by atoms with Crippen molar-refractivity contribution < 1.29 is 4.74 Å². The molecule has 1 aromatic carbocycles. The molecule has 0 radical (unpaired) electrons.